The van der Waals surface area contributed by atoms with Crippen LogP contribution in [0.3, 0.4) is 0 Å². The minimum atomic E-state index is -0.384. The number of methoxy groups -OCH3 is 2. The van der Waals surface area contributed by atoms with Crippen molar-refractivity contribution in [2.24, 2.45) is 0 Å². The number of carbonyl (C=O) groups excluding carboxylic acids is 2. The zero-order valence-electron chi connectivity index (χ0n) is 15.3. The summed E-state index contributed by atoms with van der Waals surface area (Å²) in [5, 5.41) is 0. The quantitative estimate of drug-likeness (QED) is 0.467. The molecule has 2 aromatic carbocycles. The van der Waals surface area contributed by atoms with E-state index in [1.165, 1.54) is 14.2 Å². The van der Waals surface area contributed by atoms with Gasteiger partial charge in [0.1, 0.15) is 24.7 Å². The molecule has 0 aromatic heterocycles. The van der Waals surface area contributed by atoms with Crippen LogP contribution in [0.2, 0.25) is 0 Å². The Labute approximate surface area is 157 Å². The summed E-state index contributed by atoms with van der Waals surface area (Å²) in [6, 6.07) is 13.4. The fraction of sp³-hybridized carbons (Fsp3) is 0.300. The van der Waals surface area contributed by atoms with Crippen LogP contribution in [0.4, 0.5) is 0 Å². The molecule has 0 aliphatic rings. The van der Waals surface area contributed by atoms with Gasteiger partial charge < -0.3 is 23.7 Å². The van der Waals surface area contributed by atoms with E-state index in [0.29, 0.717) is 49.1 Å². The Morgan fingerprint density at radius 3 is 1.33 bits per heavy atom. The third-order valence-corrected chi connectivity index (χ3v) is 3.54. The highest BCUT2D eigenvalue weighted by molar-refractivity contribution is 5.89. The van der Waals surface area contributed by atoms with Crippen molar-refractivity contribution < 1.29 is 33.3 Å². The van der Waals surface area contributed by atoms with Crippen LogP contribution in [0.25, 0.3) is 0 Å². The van der Waals surface area contributed by atoms with E-state index < -0.39 is 0 Å². The lowest BCUT2D eigenvalue weighted by Gasteiger charge is -2.09. The molecule has 0 N–H and O–H groups in total. The van der Waals surface area contributed by atoms with Gasteiger partial charge in [-0.2, -0.15) is 0 Å². The Morgan fingerprint density at radius 1 is 0.630 bits per heavy atom. The molecule has 27 heavy (non-hydrogen) atoms. The van der Waals surface area contributed by atoms with E-state index in [9.17, 15) is 9.59 Å². The predicted molar refractivity (Wildman–Crippen MR) is 97.4 cm³/mol. The largest absolute Gasteiger partial charge is 0.491 e. The molecule has 0 radical (unpaired) electrons. The van der Waals surface area contributed by atoms with Crippen molar-refractivity contribution in [2.75, 3.05) is 40.6 Å². The molecule has 0 fully saturated rings. The molecule has 0 aliphatic carbocycles. The topological polar surface area (TPSA) is 80.3 Å². The summed E-state index contributed by atoms with van der Waals surface area (Å²) in [5.41, 5.74) is 0.940. The van der Waals surface area contributed by atoms with Crippen molar-refractivity contribution in [1.82, 2.24) is 0 Å². The van der Waals surface area contributed by atoms with Gasteiger partial charge in [0.25, 0.3) is 0 Å². The molecule has 0 spiro atoms. The predicted octanol–water partition coefficient (Wildman–Crippen LogP) is 2.73. The van der Waals surface area contributed by atoms with Crippen LogP contribution in [-0.4, -0.2) is 52.6 Å². The monoisotopic (exact) mass is 374 g/mol. The highest BCUT2D eigenvalue weighted by atomic mass is 16.5. The van der Waals surface area contributed by atoms with E-state index in [0.717, 1.165) is 0 Å². The van der Waals surface area contributed by atoms with E-state index in [-0.39, 0.29) is 11.9 Å². The van der Waals surface area contributed by atoms with E-state index in [1.807, 2.05) is 0 Å². The van der Waals surface area contributed by atoms with Crippen molar-refractivity contribution in [3.05, 3.63) is 59.7 Å². The number of rotatable bonds is 10. The van der Waals surface area contributed by atoms with Gasteiger partial charge in [-0.3, -0.25) is 0 Å². The molecule has 144 valence electrons. The smallest absolute Gasteiger partial charge is 0.337 e. The molecular formula is C20H22O7. The van der Waals surface area contributed by atoms with Gasteiger partial charge in [0.15, 0.2) is 0 Å². The zero-order valence-corrected chi connectivity index (χ0v) is 15.3. The Bertz CT molecular complexity index is 660. The lowest BCUT2D eigenvalue weighted by molar-refractivity contribution is 0.0591. The van der Waals surface area contributed by atoms with E-state index in [2.05, 4.69) is 9.47 Å². The summed E-state index contributed by atoms with van der Waals surface area (Å²) in [5.74, 6) is 0.524. The molecule has 0 bridgehead atoms. The first-order valence-electron chi connectivity index (χ1n) is 8.34. The first-order chi connectivity index (χ1) is 13.1. The van der Waals surface area contributed by atoms with Gasteiger partial charge in [-0.05, 0) is 48.5 Å². The van der Waals surface area contributed by atoms with Gasteiger partial charge in [0.05, 0.1) is 38.6 Å². The maximum atomic E-state index is 11.3. The summed E-state index contributed by atoms with van der Waals surface area (Å²) in [6.45, 7) is 1.57. The molecule has 0 atom stereocenters. The van der Waals surface area contributed by atoms with Gasteiger partial charge >= 0.3 is 11.9 Å². The molecule has 0 heterocycles. The summed E-state index contributed by atoms with van der Waals surface area (Å²) < 4.78 is 25.8. The van der Waals surface area contributed by atoms with Crippen LogP contribution in [0, 0.1) is 0 Å². The van der Waals surface area contributed by atoms with Gasteiger partial charge in [0.2, 0.25) is 0 Å². The second kappa shape index (κ2) is 10.8. The Hall–Kier alpha value is -3.06. The fourth-order valence-corrected chi connectivity index (χ4v) is 2.15. The van der Waals surface area contributed by atoms with Crippen LogP contribution in [-0.2, 0) is 14.2 Å². The molecule has 0 aliphatic heterocycles. The van der Waals surface area contributed by atoms with Crippen molar-refractivity contribution in [3.63, 3.8) is 0 Å². The lowest BCUT2D eigenvalue weighted by Crippen LogP contribution is -2.12. The molecular weight excluding hydrogens is 352 g/mol. The van der Waals surface area contributed by atoms with E-state index in [1.54, 1.807) is 48.5 Å². The van der Waals surface area contributed by atoms with E-state index >= 15 is 0 Å². The van der Waals surface area contributed by atoms with Crippen LogP contribution in [0.5, 0.6) is 11.5 Å². The highest BCUT2D eigenvalue weighted by Gasteiger charge is 2.05. The van der Waals surface area contributed by atoms with Crippen LogP contribution >= 0.6 is 0 Å². The first kappa shape index (κ1) is 20.3. The number of carbonyl (C=O) groups is 2. The molecule has 2 aromatic rings. The summed E-state index contributed by atoms with van der Waals surface area (Å²) in [7, 11) is 2.68. The van der Waals surface area contributed by atoms with Gasteiger partial charge in [-0.15, -0.1) is 0 Å². The second-order valence-corrected chi connectivity index (χ2v) is 5.34. The lowest BCUT2D eigenvalue weighted by atomic mass is 10.2. The van der Waals surface area contributed by atoms with E-state index in [4.69, 9.17) is 14.2 Å². The first-order valence-corrected chi connectivity index (χ1v) is 8.34. The fourth-order valence-electron chi connectivity index (χ4n) is 2.15. The van der Waals surface area contributed by atoms with Gasteiger partial charge in [-0.1, -0.05) is 0 Å². The number of benzene rings is 2. The maximum Gasteiger partial charge on any atom is 0.337 e. The van der Waals surface area contributed by atoms with Crippen LogP contribution < -0.4 is 9.47 Å². The molecule has 0 saturated heterocycles. The van der Waals surface area contributed by atoms with Crippen molar-refractivity contribution in [2.45, 2.75) is 0 Å². The second-order valence-electron chi connectivity index (χ2n) is 5.34. The average Bonchev–Trinajstić information content (AvgIpc) is 2.72. The number of hydrogen-bond donors (Lipinski definition) is 0. The maximum absolute atomic E-state index is 11.3. The minimum Gasteiger partial charge on any atom is -0.491 e. The normalized spacial score (nSPS) is 10.1. The highest BCUT2D eigenvalue weighted by Crippen LogP contribution is 2.13. The Balaban J connectivity index is 1.58. The summed E-state index contributed by atoms with van der Waals surface area (Å²) in [6.07, 6.45) is 0. The Morgan fingerprint density at radius 2 is 1.00 bits per heavy atom. The average molecular weight is 374 g/mol. The molecule has 2 rings (SSSR count). The minimum absolute atomic E-state index is 0.380. The van der Waals surface area contributed by atoms with Gasteiger partial charge in [0, 0.05) is 0 Å². The van der Waals surface area contributed by atoms with Crippen molar-refractivity contribution in [3.8, 4) is 11.5 Å². The van der Waals surface area contributed by atoms with Crippen molar-refractivity contribution >= 4 is 11.9 Å². The zero-order chi connectivity index (χ0) is 19.5. The number of ether oxygens (including phenoxy) is 5. The number of hydrogen-bond acceptors (Lipinski definition) is 7. The molecule has 0 amide bonds. The van der Waals surface area contributed by atoms with Crippen LogP contribution in [0.15, 0.2) is 48.5 Å². The molecule has 0 unspecified atom stereocenters. The standard InChI is InChI=1S/C20H22O7/c1-23-19(21)15-3-7-17(8-4-15)26-13-11-25-12-14-27-18-9-5-16(6-10-18)20(22)24-2/h3-10H,11-14H2,1-2H3. The molecule has 7 nitrogen and oxygen atoms in total. The van der Waals surface area contributed by atoms with Crippen LogP contribution in [0.1, 0.15) is 20.7 Å². The summed E-state index contributed by atoms with van der Waals surface area (Å²) >= 11 is 0. The van der Waals surface area contributed by atoms with Crippen molar-refractivity contribution in [1.29, 1.82) is 0 Å². The van der Waals surface area contributed by atoms with Gasteiger partial charge in [-0.25, -0.2) is 9.59 Å². The third-order valence-electron chi connectivity index (χ3n) is 3.54. The molecule has 0 saturated carbocycles. The summed E-state index contributed by atoms with van der Waals surface area (Å²) in [4.78, 5) is 22.7. The number of esters is 2. The Kier molecular flexibility index (Phi) is 8.12. The third kappa shape index (κ3) is 6.63. The molecule has 7 heteroatoms. The SMILES string of the molecule is COC(=O)c1ccc(OCCOCCOc2ccc(C(=O)OC)cc2)cc1.